The molecule has 4 heteroatoms. The van der Waals surface area contributed by atoms with Gasteiger partial charge >= 0.3 is 0 Å². The van der Waals surface area contributed by atoms with Crippen LogP contribution in [0.4, 0.5) is 0 Å². The second kappa shape index (κ2) is 7.96. The fourth-order valence-electron chi connectivity index (χ4n) is 2.06. The first-order valence-corrected chi connectivity index (χ1v) is 7.57. The summed E-state index contributed by atoms with van der Waals surface area (Å²) in [5, 5.41) is 2.92. The monoisotopic (exact) mass is 347 g/mol. The number of halogens is 1. The van der Waals surface area contributed by atoms with E-state index in [9.17, 15) is 4.79 Å². The van der Waals surface area contributed by atoms with Crippen LogP contribution < -0.4 is 5.32 Å². The average Bonchev–Trinajstić information content (AvgIpc) is 2.51. The maximum atomic E-state index is 12.0. The number of hydrogen-bond acceptors (Lipinski definition) is 2. The highest BCUT2D eigenvalue weighted by atomic mass is 79.9. The molecule has 1 amide bonds. The second-order valence-electron chi connectivity index (χ2n) is 4.74. The van der Waals surface area contributed by atoms with Gasteiger partial charge in [0.05, 0.1) is 12.5 Å². The Balaban J connectivity index is 1.86. The summed E-state index contributed by atoms with van der Waals surface area (Å²) in [6, 6.07) is 17.6. The van der Waals surface area contributed by atoms with Crippen molar-refractivity contribution in [2.75, 3.05) is 13.7 Å². The first-order chi connectivity index (χ1) is 10.2. The number of carbonyl (C=O) groups excluding carboxylic acids is 1. The summed E-state index contributed by atoms with van der Waals surface area (Å²) < 4.78 is 6.44. The third-order valence-electron chi connectivity index (χ3n) is 3.22. The molecule has 110 valence electrons. The smallest absolute Gasteiger partial charge is 0.224 e. The third kappa shape index (κ3) is 4.99. The molecule has 0 aliphatic carbocycles. The molecule has 1 unspecified atom stereocenters. The lowest BCUT2D eigenvalue weighted by Gasteiger charge is -2.16. The Kier molecular flexibility index (Phi) is 5.96. The van der Waals surface area contributed by atoms with E-state index in [4.69, 9.17) is 4.74 Å². The van der Waals surface area contributed by atoms with Crippen LogP contribution in [-0.4, -0.2) is 19.6 Å². The highest BCUT2D eigenvalue weighted by molar-refractivity contribution is 9.10. The van der Waals surface area contributed by atoms with Gasteiger partial charge in [0.2, 0.25) is 5.91 Å². The number of methoxy groups -OCH3 is 1. The predicted molar refractivity (Wildman–Crippen MR) is 87.0 cm³/mol. The SMILES string of the molecule is COC(CNC(=O)Cc1ccc(Br)cc1)c1ccccc1. The van der Waals surface area contributed by atoms with Gasteiger partial charge in [-0.15, -0.1) is 0 Å². The Bertz CT molecular complexity index is 569. The first kappa shape index (κ1) is 15.7. The van der Waals surface area contributed by atoms with E-state index in [0.29, 0.717) is 13.0 Å². The molecule has 1 N–H and O–H groups in total. The van der Waals surface area contributed by atoms with Crippen LogP contribution in [0.3, 0.4) is 0 Å². The Hall–Kier alpha value is -1.65. The van der Waals surface area contributed by atoms with Gasteiger partial charge in [-0.25, -0.2) is 0 Å². The molecule has 0 saturated carbocycles. The van der Waals surface area contributed by atoms with Crippen molar-refractivity contribution < 1.29 is 9.53 Å². The van der Waals surface area contributed by atoms with Crippen molar-refractivity contribution in [1.29, 1.82) is 0 Å². The largest absolute Gasteiger partial charge is 0.375 e. The fourth-order valence-corrected chi connectivity index (χ4v) is 2.33. The van der Waals surface area contributed by atoms with Crippen LogP contribution in [-0.2, 0) is 16.0 Å². The lowest BCUT2D eigenvalue weighted by atomic mass is 10.1. The normalized spacial score (nSPS) is 11.9. The molecule has 1 atom stereocenters. The molecule has 0 bridgehead atoms. The van der Waals surface area contributed by atoms with Crippen LogP contribution in [0.1, 0.15) is 17.2 Å². The highest BCUT2D eigenvalue weighted by Crippen LogP contribution is 2.15. The number of ether oxygens (including phenoxy) is 1. The number of benzene rings is 2. The molecular weight excluding hydrogens is 330 g/mol. The van der Waals surface area contributed by atoms with Gasteiger partial charge in [-0.3, -0.25) is 4.79 Å². The van der Waals surface area contributed by atoms with Crippen molar-refractivity contribution in [1.82, 2.24) is 5.32 Å². The first-order valence-electron chi connectivity index (χ1n) is 6.78. The van der Waals surface area contributed by atoms with Crippen LogP contribution in [0.25, 0.3) is 0 Å². The zero-order chi connectivity index (χ0) is 15.1. The molecule has 0 saturated heterocycles. The molecule has 0 spiro atoms. The van der Waals surface area contributed by atoms with E-state index in [1.54, 1.807) is 7.11 Å². The maximum absolute atomic E-state index is 12.0. The molecule has 21 heavy (non-hydrogen) atoms. The molecule has 0 aliphatic heterocycles. The van der Waals surface area contributed by atoms with E-state index in [0.717, 1.165) is 15.6 Å². The van der Waals surface area contributed by atoms with Crippen molar-refractivity contribution >= 4 is 21.8 Å². The summed E-state index contributed by atoms with van der Waals surface area (Å²) in [6.07, 6.45) is 0.249. The molecule has 0 radical (unpaired) electrons. The molecule has 0 fully saturated rings. The molecule has 2 aromatic rings. The van der Waals surface area contributed by atoms with Crippen LogP contribution in [0.15, 0.2) is 59.1 Å². The van der Waals surface area contributed by atoms with Gasteiger partial charge in [0.1, 0.15) is 0 Å². The van der Waals surface area contributed by atoms with E-state index in [-0.39, 0.29) is 12.0 Å². The zero-order valence-electron chi connectivity index (χ0n) is 11.9. The molecule has 3 nitrogen and oxygen atoms in total. The third-order valence-corrected chi connectivity index (χ3v) is 3.75. The van der Waals surface area contributed by atoms with Crippen molar-refractivity contribution in [2.45, 2.75) is 12.5 Å². The van der Waals surface area contributed by atoms with Crippen LogP contribution in [0.5, 0.6) is 0 Å². The number of carbonyl (C=O) groups is 1. The van der Waals surface area contributed by atoms with Crippen molar-refractivity contribution in [3.63, 3.8) is 0 Å². The summed E-state index contributed by atoms with van der Waals surface area (Å²) >= 11 is 3.38. The summed E-state index contributed by atoms with van der Waals surface area (Å²) in [6.45, 7) is 0.468. The topological polar surface area (TPSA) is 38.3 Å². The summed E-state index contributed by atoms with van der Waals surface area (Å²) in [4.78, 5) is 12.0. The van der Waals surface area contributed by atoms with Crippen molar-refractivity contribution in [2.24, 2.45) is 0 Å². The van der Waals surface area contributed by atoms with Crippen molar-refractivity contribution in [3.8, 4) is 0 Å². The Morgan fingerprint density at radius 3 is 2.43 bits per heavy atom. The van der Waals surface area contributed by atoms with Gasteiger partial charge in [-0.2, -0.15) is 0 Å². The van der Waals surface area contributed by atoms with Gasteiger partial charge < -0.3 is 10.1 Å². The Morgan fingerprint density at radius 1 is 1.14 bits per heavy atom. The van der Waals surface area contributed by atoms with Crippen molar-refractivity contribution in [3.05, 3.63) is 70.2 Å². The Morgan fingerprint density at radius 2 is 1.81 bits per heavy atom. The standard InChI is InChI=1S/C17H18BrNO2/c1-21-16(14-5-3-2-4-6-14)12-19-17(20)11-13-7-9-15(18)10-8-13/h2-10,16H,11-12H2,1H3,(H,19,20). The molecule has 0 aliphatic rings. The zero-order valence-corrected chi connectivity index (χ0v) is 13.5. The van der Waals surface area contributed by atoms with Gasteiger partial charge in [-0.05, 0) is 23.3 Å². The van der Waals surface area contributed by atoms with Gasteiger partial charge in [-0.1, -0.05) is 58.4 Å². The van der Waals surface area contributed by atoms with Crippen LogP contribution in [0, 0.1) is 0 Å². The lowest BCUT2D eigenvalue weighted by molar-refractivity contribution is -0.121. The van der Waals surface area contributed by atoms with Crippen LogP contribution >= 0.6 is 15.9 Å². The lowest BCUT2D eigenvalue weighted by Crippen LogP contribution is -2.30. The van der Waals surface area contributed by atoms with Gasteiger partial charge in [0, 0.05) is 18.1 Å². The molecule has 0 aromatic heterocycles. The van der Waals surface area contributed by atoms with Crippen LogP contribution in [0.2, 0.25) is 0 Å². The molecule has 0 heterocycles. The molecule has 2 rings (SSSR count). The maximum Gasteiger partial charge on any atom is 0.224 e. The minimum absolute atomic E-state index is 0.00435. The minimum Gasteiger partial charge on any atom is -0.375 e. The summed E-state index contributed by atoms with van der Waals surface area (Å²) in [5.74, 6) is -0.00435. The van der Waals surface area contributed by atoms with E-state index in [1.807, 2.05) is 54.6 Å². The van der Waals surface area contributed by atoms with E-state index >= 15 is 0 Å². The summed E-state index contributed by atoms with van der Waals surface area (Å²) in [5.41, 5.74) is 2.05. The van der Waals surface area contributed by atoms with Gasteiger partial charge in [0.25, 0.3) is 0 Å². The quantitative estimate of drug-likeness (QED) is 0.868. The number of rotatable bonds is 6. The van der Waals surface area contributed by atoms with E-state index < -0.39 is 0 Å². The number of nitrogens with one attached hydrogen (secondary N) is 1. The minimum atomic E-state index is -0.125. The predicted octanol–water partition coefficient (Wildman–Crippen LogP) is 3.50. The fraction of sp³-hybridized carbons (Fsp3) is 0.235. The summed E-state index contributed by atoms with van der Waals surface area (Å²) in [7, 11) is 1.65. The second-order valence-corrected chi connectivity index (χ2v) is 5.66. The average molecular weight is 348 g/mol. The van der Waals surface area contributed by atoms with E-state index in [1.165, 1.54) is 0 Å². The van der Waals surface area contributed by atoms with Gasteiger partial charge in [0.15, 0.2) is 0 Å². The Labute approximate surface area is 133 Å². The molecule has 2 aromatic carbocycles. The number of hydrogen-bond donors (Lipinski definition) is 1. The van der Waals surface area contributed by atoms with E-state index in [2.05, 4.69) is 21.2 Å². The number of amides is 1. The molecular formula is C17H18BrNO2. The highest BCUT2D eigenvalue weighted by Gasteiger charge is 2.11.